The SMILES string of the molecule is COc1ccc(OCCSc2nc3c([nH]2)c(N)nc[n+]3Cc2ccccc2)cc1. The number of benzene rings is 2. The Morgan fingerprint density at radius 2 is 1.83 bits per heavy atom. The van der Waals surface area contributed by atoms with Gasteiger partial charge in [-0.15, -0.1) is 0 Å². The standard InChI is InChI=1S/C21H21N5O2S/c1-27-16-7-9-17(10-8-16)28-11-12-29-21-24-18-19(22)23-14-26(20(18)25-21)13-15-5-3-2-4-6-15/h2-10,14H,11-13H2,1H3,(H2,22,24,25)/p+1. The third-order valence-electron chi connectivity index (χ3n) is 4.37. The van der Waals surface area contributed by atoms with Crippen LogP contribution in [0.4, 0.5) is 5.82 Å². The minimum atomic E-state index is 0.443. The zero-order chi connectivity index (χ0) is 20.1. The van der Waals surface area contributed by atoms with Gasteiger partial charge in [-0.05, 0) is 29.8 Å². The number of hydrogen-bond donors (Lipinski definition) is 2. The Balaban J connectivity index is 1.41. The lowest BCUT2D eigenvalue weighted by atomic mass is 10.2. The maximum absolute atomic E-state index is 6.05. The largest absolute Gasteiger partial charge is 0.497 e. The summed E-state index contributed by atoms with van der Waals surface area (Å²) in [5, 5.41) is 0.792. The lowest BCUT2D eigenvalue weighted by Gasteiger charge is -2.05. The topological polar surface area (TPSA) is 89.9 Å². The number of fused-ring (bicyclic) bond motifs is 1. The van der Waals surface area contributed by atoms with E-state index in [2.05, 4.69) is 22.1 Å². The van der Waals surface area contributed by atoms with Crippen molar-refractivity contribution in [1.29, 1.82) is 0 Å². The Morgan fingerprint density at radius 1 is 1.07 bits per heavy atom. The van der Waals surface area contributed by atoms with Crippen LogP contribution in [0, 0.1) is 0 Å². The van der Waals surface area contributed by atoms with E-state index in [0.29, 0.717) is 19.0 Å². The minimum absolute atomic E-state index is 0.443. The van der Waals surface area contributed by atoms with Crippen LogP contribution in [0.25, 0.3) is 11.2 Å². The molecule has 0 aliphatic carbocycles. The molecule has 0 bridgehead atoms. The Bertz CT molecular complexity index is 1080. The molecule has 8 heteroatoms. The van der Waals surface area contributed by atoms with Gasteiger partial charge in [0.2, 0.25) is 17.3 Å². The second kappa shape index (κ2) is 8.83. The van der Waals surface area contributed by atoms with E-state index in [9.17, 15) is 0 Å². The van der Waals surface area contributed by atoms with E-state index in [4.69, 9.17) is 20.2 Å². The first kappa shape index (κ1) is 19.1. The maximum Gasteiger partial charge on any atom is 0.295 e. The molecule has 0 saturated carbocycles. The highest BCUT2D eigenvalue weighted by Crippen LogP contribution is 2.21. The number of thioether (sulfide) groups is 1. The molecule has 0 spiro atoms. The molecule has 7 nitrogen and oxygen atoms in total. The van der Waals surface area contributed by atoms with Crippen molar-refractivity contribution in [1.82, 2.24) is 15.0 Å². The lowest BCUT2D eigenvalue weighted by Crippen LogP contribution is -2.36. The fraction of sp³-hybridized carbons (Fsp3) is 0.190. The van der Waals surface area contributed by atoms with Crippen LogP contribution >= 0.6 is 11.8 Å². The van der Waals surface area contributed by atoms with Gasteiger partial charge in [0.25, 0.3) is 5.65 Å². The number of imidazole rings is 1. The average Bonchev–Trinajstić information content (AvgIpc) is 3.20. The molecule has 4 rings (SSSR count). The van der Waals surface area contributed by atoms with Crippen molar-refractivity contribution in [2.45, 2.75) is 11.7 Å². The van der Waals surface area contributed by atoms with Crippen molar-refractivity contribution in [3.05, 3.63) is 66.5 Å². The molecule has 2 aromatic carbocycles. The van der Waals surface area contributed by atoms with Crippen LogP contribution in [0.1, 0.15) is 5.56 Å². The van der Waals surface area contributed by atoms with Crippen molar-refractivity contribution in [3.8, 4) is 11.5 Å². The van der Waals surface area contributed by atoms with Crippen molar-refractivity contribution >= 4 is 28.7 Å². The van der Waals surface area contributed by atoms with E-state index in [0.717, 1.165) is 33.6 Å². The Hall–Kier alpha value is -3.26. The highest BCUT2D eigenvalue weighted by molar-refractivity contribution is 7.99. The van der Waals surface area contributed by atoms with E-state index in [1.807, 2.05) is 47.0 Å². The van der Waals surface area contributed by atoms with Crippen molar-refractivity contribution in [2.24, 2.45) is 0 Å². The first-order chi connectivity index (χ1) is 14.2. The zero-order valence-electron chi connectivity index (χ0n) is 16.0. The van der Waals surface area contributed by atoms with E-state index in [1.165, 1.54) is 5.56 Å². The van der Waals surface area contributed by atoms with Crippen LogP contribution in [-0.4, -0.2) is 34.4 Å². The third-order valence-corrected chi connectivity index (χ3v) is 5.21. The van der Waals surface area contributed by atoms with Crippen LogP contribution < -0.4 is 19.8 Å². The number of rotatable bonds is 8. The summed E-state index contributed by atoms with van der Waals surface area (Å²) in [6.45, 7) is 1.24. The summed E-state index contributed by atoms with van der Waals surface area (Å²) in [7, 11) is 1.64. The van der Waals surface area contributed by atoms with Gasteiger partial charge < -0.3 is 20.2 Å². The predicted molar refractivity (Wildman–Crippen MR) is 113 cm³/mol. The van der Waals surface area contributed by atoms with Crippen LogP contribution in [-0.2, 0) is 6.54 Å². The molecule has 2 heterocycles. The van der Waals surface area contributed by atoms with E-state index >= 15 is 0 Å². The molecule has 148 valence electrons. The van der Waals surface area contributed by atoms with E-state index < -0.39 is 0 Å². The van der Waals surface area contributed by atoms with Gasteiger partial charge in [0.05, 0.1) is 20.3 Å². The quantitative estimate of drug-likeness (QED) is 0.265. The van der Waals surface area contributed by atoms with Gasteiger partial charge in [0.1, 0.15) is 11.5 Å². The number of anilines is 1. The van der Waals surface area contributed by atoms with Crippen molar-refractivity contribution in [3.63, 3.8) is 0 Å². The van der Waals surface area contributed by atoms with Crippen LogP contribution in [0.5, 0.6) is 11.5 Å². The second-order valence-corrected chi connectivity index (χ2v) is 7.44. The summed E-state index contributed by atoms with van der Waals surface area (Å²) in [6.07, 6.45) is 1.73. The molecule has 0 atom stereocenters. The van der Waals surface area contributed by atoms with Crippen LogP contribution in [0.15, 0.2) is 66.1 Å². The van der Waals surface area contributed by atoms with Crippen molar-refractivity contribution < 1.29 is 14.0 Å². The number of hydrogen-bond acceptors (Lipinski definition) is 6. The molecular formula is C21H22N5O2S+. The molecule has 0 radical (unpaired) electrons. The summed E-state index contributed by atoms with van der Waals surface area (Å²) in [4.78, 5) is 12.3. The molecule has 29 heavy (non-hydrogen) atoms. The molecule has 4 aromatic rings. The lowest BCUT2D eigenvalue weighted by molar-refractivity contribution is -0.667. The molecule has 0 aliphatic rings. The van der Waals surface area contributed by atoms with Gasteiger partial charge >= 0.3 is 0 Å². The minimum Gasteiger partial charge on any atom is -0.497 e. The first-order valence-corrected chi connectivity index (χ1v) is 10.2. The number of ether oxygens (including phenoxy) is 2. The van der Waals surface area contributed by atoms with Gasteiger partial charge in [0.15, 0.2) is 5.52 Å². The summed E-state index contributed by atoms with van der Waals surface area (Å²) in [6, 6.07) is 17.7. The van der Waals surface area contributed by atoms with Gasteiger partial charge in [-0.3, -0.25) is 0 Å². The molecule has 2 aromatic heterocycles. The maximum atomic E-state index is 6.05. The number of H-pyrrole nitrogens is 1. The zero-order valence-corrected chi connectivity index (χ0v) is 16.9. The number of nitrogens with zero attached hydrogens (tertiary/aromatic N) is 3. The highest BCUT2D eigenvalue weighted by atomic mass is 32.2. The highest BCUT2D eigenvalue weighted by Gasteiger charge is 2.18. The van der Waals surface area contributed by atoms with Crippen LogP contribution in [0.3, 0.4) is 0 Å². The number of aromatic nitrogens is 4. The van der Waals surface area contributed by atoms with Gasteiger partial charge in [0, 0.05) is 5.75 Å². The molecule has 3 N–H and O–H groups in total. The van der Waals surface area contributed by atoms with Gasteiger partial charge in [-0.2, -0.15) is 0 Å². The fourth-order valence-electron chi connectivity index (χ4n) is 2.91. The molecule has 0 unspecified atom stereocenters. The monoisotopic (exact) mass is 408 g/mol. The number of methoxy groups -OCH3 is 1. The Labute approximate surface area is 172 Å². The summed E-state index contributed by atoms with van der Waals surface area (Å²) in [5.74, 6) is 2.81. The fourth-order valence-corrected chi connectivity index (χ4v) is 3.60. The molecular weight excluding hydrogens is 386 g/mol. The molecule has 0 amide bonds. The number of aromatic amines is 1. The summed E-state index contributed by atoms with van der Waals surface area (Å²) < 4.78 is 12.9. The van der Waals surface area contributed by atoms with Crippen LogP contribution in [0.2, 0.25) is 0 Å². The second-order valence-electron chi connectivity index (χ2n) is 6.36. The van der Waals surface area contributed by atoms with E-state index in [1.54, 1.807) is 25.2 Å². The third kappa shape index (κ3) is 4.60. The molecule has 0 fully saturated rings. The normalized spacial score (nSPS) is 10.9. The summed E-state index contributed by atoms with van der Waals surface area (Å²) >= 11 is 1.58. The number of nitrogens with one attached hydrogen (secondary N) is 1. The van der Waals surface area contributed by atoms with Crippen molar-refractivity contribution in [2.75, 3.05) is 25.2 Å². The molecule has 0 saturated heterocycles. The predicted octanol–water partition coefficient (Wildman–Crippen LogP) is 3.06. The first-order valence-electron chi connectivity index (χ1n) is 9.20. The summed E-state index contributed by atoms with van der Waals surface area (Å²) in [5.41, 5.74) is 8.77. The molecule has 0 aliphatic heterocycles. The Morgan fingerprint density at radius 3 is 2.59 bits per heavy atom. The number of nitrogen functional groups attached to an aromatic ring is 1. The smallest absolute Gasteiger partial charge is 0.295 e. The van der Waals surface area contributed by atoms with Gasteiger partial charge in [-0.25, -0.2) is 4.57 Å². The average molecular weight is 409 g/mol. The van der Waals surface area contributed by atoms with Gasteiger partial charge in [-0.1, -0.05) is 52.1 Å². The van der Waals surface area contributed by atoms with E-state index in [-0.39, 0.29) is 0 Å². The number of nitrogens with two attached hydrogens (primary N) is 1. The Kier molecular flexibility index (Phi) is 5.81.